The van der Waals surface area contributed by atoms with Crippen LogP contribution in [0.3, 0.4) is 0 Å². The second-order valence-electron chi connectivity index (χ2n) is 6.70. The molecule has 0 aliphatic rings. The lowest BCUT2D eigenvalue weighted by Crippen LogP contribution is -2.41. The van der Waals surface area contributed by atoms with E-state index in [1.54, 1.807) is 0 Å². The third-order valence-electron chi connectivity index (χ3n) is 4.36. The van der Waals surface area contributed by atoms with Crippen molar-refractivity contribution in [2.24, 2.45) is 0 Å². The number of nitrogens with one attached hydrogen (secondary N) is 2. The minimum absolute atomic E-state index is 0.0216. The molecule has 2 heterocycles. The Balaban J connectivity index is 2.15. The number of aromatic nitrogens is 4. The minimum atomic E-state index is -4.52. The molecule has 0 aliphatic heterocycles. The topological polar surface area (TPSA) is 231 Å². The number of unbranched alkanes of at least 4 members (excludes halogenated alkanes) is 2. The summed E-state index contributed by atoms with van der Waals surface area (Å²) in [7, 11) is -4.52. The monoisotopic (exact) mass is 452 g/mol. The maximum Gasteiger partial charge on any atom is 0.469 e. The van der Waals surface area contributed by atoms with E-state index in [4.69, 9.17) is 14.9 Å². The first-order chi connectivity index (χ1) is 14.0. The SMILES string of the molecule is O=c1[nH]c(=O)c2c(CCCCCOP(=O)(O)O)nn(C[C@H](O)[C@H](O)[C@H](O)CO)c2[nH]1. The summed E-state index contributed by atoms with van der Waals surface area (Å²) in [5.41, 5.74) is -1.15. The summed E-state index contributed by atoms with van der Waals surface area (Å²) in [6.07, 6.45) is -3.16. The molecule has 0 spiro atoms. The Morgan fingerprint density at radius 3 is 2.40 bits per heavy atom. The molecular formula is C15H25N4O10P. The highest BCUT2D eigenvalue weighted by molar-refractivity contribution is 7.46. The van der Waals surface area contributed by atoms with Crippen LogP contribution >= 0.6 is 7.82 Å². The van der Waals surface area contributed by atoms with E-state index in [9.17, 15) is 29.5 Å². The molecule has 0 amide bonds. The number of aliphatic hydroxyl groups is 4. The third kappa shape index (κ3) is 6.55. The highest BCUT2D eigenvalue weighted by Gasteiger charge is 2.26. The smallest absolute Gasteiger partial charge is 0.394 e. The normalized spacial score (nSPS) is 15.4. The van der Waals surface area contributed by atoms with E-state index in [2.05, 4.69) is 19.6 Å². The largest absolute Gasteiger partial charge is 0.469 e. The molecule has 15 heteroatoms. The van der Waals surface area contributed by atoms with E-state index in [0.717, 1.165) is 4.68 Å². The van der Waals surface area contributed by atoms with Crippen molar-refractivity contribution in [3.05, 3.63) is 26.5 Å². The zero-order valence-electron chi connectivity index (χ0n) is 15.8. The number of H-pyrrole nitrogens is 2. The summed E-state index contributed by atoms with van der Waals surface area (Å²) < 4.78 is 16.1. The summed E-state index contributed by atoms with van der Waals surface area (Å²) in [5, 5.41) is 42.5. The molecule has 2 aromatic heterocycles. The summed E-state index contributed by atoms with van der Waals surface area (Å²) in [4.78, 5) is 45.6. The first-order valence-corrected chi connectivity index (χ1v) is 10.6. The van der Waals surface area contributed by atoms with Gasteiger partial charge in [0.2, 0.25) is 0 Å². The van der Waals surface area contributed by atoms with Crippen LogP contribution in [-0.4, -0.2) is 81.5 Å². The fraction of sp³-hybridized carbons (Fsp3) is 0.667. The number of fused-ring (bicyclic) bond motifs is 1. The molecular weight excluding hydrogens is 427 g/mol. The highest BCUT2D eigenvalue weighted by Crippen LogP contribution is 2.35. The van der Waals surface area contributed by atoms with E-state index in [-0.39, 0.29) is 30.6 Å². The first kappa shape index (κ1) is 24.4. The number of phosphoric ester groups is 1. The van der Waals surface area contributed by atoms with Gasteiger partial charge in [-0.2, -0.15) is 5.10 Å². The van der Waals surface area contributed by atoms with Crippen LogP contribution in [0.4, 0.5) is 0 Å². The number of nitrogens with zero attached hydrogens (tertiary/aromatic N) is 2. The number of aliphatic hydroxyl groups excluding tert-OH is 4. The van der Waals surface area contributed by atoms with E-state index in [1.165, 1.54) is 0 Å². The molecule has 30 heavy (non-hydrogen) atoms. The predicted octanol–water partition coefficient (Wildman–Crippen LogP) is -2.69. The predicted molar refractivity (Wildman–Crippen MR) is 102 cm³/mol. The maximum absolute atomic E-state index is 12.2. The van der Waals surface area contributed by atoms with E-state index in [0.29, 0.717) is 25.0 Å². The van der Waals surface area contributed by atoms with Crippen molar-refractivity contribution in [1.82, 2.24) is 19.7 Å². The average molecular weight is 452 g/mol. The van der Waals surface area contributed by atoms with Crippen molar-refractivity contribution < 1.29 is 39.3 Å². The quantitative estimate of drug-likeness (QED) is 0.122. The van der Waals surface area contributed by atoms with Crippen molar-refractivity contribution in [2.75, 3.05) is 13.2 Å². The van der Waals surface area contributed by atoms with Crippen LogP contribution in [0.5, 0.6) is 0 Å². The zero-order chi connectivity index (χ0) is 22.5. The molecule has 0 saturated carbocycles. The summed E-state index contributed by atoms with van der Waals surface area (Å²) in [5.74, 6) is 0. The second-order valence-corrected chi connectivity index (χ2v) is 7.94. The molecule has 0 unspecified atom stereocenters. The lowest BCUT2D eigenvalue weighted by atomic mass is 10.1. The van der Waals surface area contributed by atoms with Crippen LogP contribution in [0.15, 0.2) is 9.59 Å². The van der Waals surface area contributed by atoms with Gasteiger partial charge in [0, 0.05) is 0 Å². The van der Waals surface area contributed by atoms with Crippen molar-refractivity contribution in [1.29, 1.82) is 0 Å². The molecule has 2 rings (SSSR count). The Kier molecular flexibility index (Phi) is 8.46. The van der Waals surface area contributed by atoms with Gasteiger partial charge in [0.1, 0.15) is 29.3 Å². The summed E-state index contributed by atoms with van der Waals surface area (Å²) in [6, 6.07) is 0. The van der Waals surface area contributed by atoms with Crippen LogP contribution in [0.2, 0.25) is 0 Å². The Morgan fingerprint density at radius 2 is 1.77 bits per heavy atom. The van der Waals surface area contributed by atoms with Gasteiger partial charge in [-0.05, 0) is 19.3 Å². The molecule has 2 aromatic rings. The van der Waals surface area contributed by atoms with Crippen molar-refractivity contribution in [2.45, 2.75) is 50.5 Å². The molecule has 0 fully saturated rings. The van der Waals surface area contributed by atoms with Crippen molar-refractivity contribution in [3.63, 3.8) is 0 Å². The summed E-state index contributed by atoms with van der Waals surface area (Å²) in [6.45, 7) is -1.28. The lowest BCUT2D eigenvalue weighted by Gasteiger charge is -2.21. The number of aryl methyl sites for hydroxylation is 1. The Bertz CT molecular complexity index is 995. The molecule has 0 aliphatic carbocycles. The molecule has 0 radical (unpaired) electrons. The zero-order valence-corrected chi connectivity index (χ0v) is 16.7. The van der Waals surface area contributed by atoms with Gasteiger partial charge in [0.05, 0.1) is 25.5 Å². The highest BCUT2D eigenvalue weighted by atomic mass is 31.2. The molecule has 3 atom stereocenters. The number of aromatic amines is 2. The van der Waals surface area contributed by atoms with Gasteiger partial charge in [-0.25, -0.2) is 14.0 Å². The van der Waals surface area contributed by atoms with E-state index < -0.39 is 44.0 Å². The first-order valence-electron chi connectivity index (χ1n) is 9.10. The van der Waals surface area contributed by atoms with Crippen LogP contribution in [0.1, 0.15) is 25.0 Å². The third-order valence-corrected chi connectivity index (χ3v) is 4.88. The number of hydrogen-bond acceptors (Lipinski definition) is 9. The van der Waals surface area contributed by atoms with Gasteiger partial charge in [-0.3, -0.25) is 19.3 Å². The van der Waals surface area contributed by atoms with E-state index >= 15 is 0 Å². The Labute approximate surface area is 169 Å². The molecule has 0 bridgehead atoms. The second kappa shape index (κ2) is 10.4. The average Bonchev–Trinajstić information content (AvgIpc) is 2.99. The molecule has 8 N–H and O–H groups in total. The molecule has 0 aromatic carbocycles. The van der Waals surface area contributed by atoms with Crippen LogP contribution in [0, 0.1) is 0 Å². The van der Waals surface area contributed by atoms with Gasteiger partial charge in [-0.1, -0.05) is 6.42 Å². The molecule has 14 nitrogen and oxygen atoms in total. The lowest BCUT2D eigenvalue weighted by molar-refractivity contribution is -0.0811. The van der Waals surface area contributed by atoms with Gasteiger partial charge < -0.3 is 30.2 Å². The Hall–Kier alpha value is -1.90. The number of rotatable bonds is 12. The minimum Gasteiger partial charge on any atom is -0.394 e. The fourth-order valence-corrected chi connectivity index (χ4v) is 3.26. The Morgan fingerprint density at radius 1 is 1.07 bits per heavy atom. The van der Waals surface area contributed by atoms with Gasteiger partial charge in [-0.15, -0.1) is 0 Å². The maximum atomic E-state index is 12.2. The van der Waals surface area contributed by atoms with Gasteiger partial charge in [0.15, 0.2) is 0 Å². The number of hydrogen-bond donors (Lipinski definition) is 8. The van der Waals surface area contributed by atoms with Crippen LogP contribution in [0.25, 0.3) is 11.0 Å². The molecule has 170 valence electrons. The van der Waals surface area contributed by atoms with Crippen molar-refractivity contribution >= 4 is 18.9 Å². The molecule has 0 saturated heterocycles. The fourth-order valence-electron chi connectivity index (χ4n) is 2.89. The van der Waals surface area contributed by atoms with Crippen LogP contribution in [-0.2, 0) is 22.1 Å². The van der Waals surface area contributed by atoms with Gasteiger partial charge in [0.25, 0.3) is 5.56 Å². The summed E-state index contributed by atoms with van der Waals surface area (Å²) >= 11 is 0. The van der Waals surface area contributed by atoms with Gasteiger partial charge >= 0.3 is 13.5 Å². The number of phosphoric acid groups is 1. The van der Waals surface area contributed by atoms with Crippen LogP contribution < -0.4 is 11.2 Å². The van der Waals surface area contributed by atoms with Crippen molar-refractivity contribution in [3.8, 4) is 0 Å². The van der Waals surface area contributed by atoms with E-state index in [1.807, 2.05) is 0 Å². The standard InChI is InChI=1S/C15H25N4O10P/c20-7-10(22)12(23)9(21)6-19-13-11(14(24)17-15(25)16-13)8(18-19)4-2-1-3-5-29-30(26,27)28/h9-10,12,20-23H,1-7H2,(H2,26,27,28)(H2,16,17,24,25)/t9-,10+,12-/m0/s1.